The van der Waals surface area contributed by atoms with E-state index >= 15 is 0 Å². The molecule has 0 unspecified atom stereocenters. The summed E-state index contributed by atoms with van der Waals surface area (Å²) in [6.07, 6.45) is 1.24. The molecule has 104 valence electrons. The lowest BCUT2D eigenvalue weighted by Gasteiger charge is -2.07. The first kappa shape index (κ1) is 13.7. The van der Waals surface area contributed by atoms with Gasteiger partial charge in [0.15, 0.2) is 5.82 Å². The molecule has 19 heavy (non-hydrogen) atoms. The van der Waals surface area contributed by atoms with Crippen LogP contribution in [-0.4, -0.2) is 37.0 Å². The fraction of sp³-hybridized carbons (Fsp3) is 0.400. The highest BCUT2D eigenvalue weighted by Gasteiger charge is 2.21. The molecule has 0 saturated heterocycles. The smallest absolute Gasteiger partial charge is 0.275 e. The van der Waals surface area contributed by atoms with Crippen LogP contribution >= 0.6 is 0 Å². The van der Waals surface area contributed by atoms with Crippen LogP contribution in [0.2, 0.25) is 0 Å². The third-order valence-corrected chi connectivity index (χ3v) is 4.05. The second-order valence-corrected chi connectivity index (χ2v) is 6.04. The predicted molar refractivity (Wildman–Crippen MR) is 64.4 cm³/mol. The number of nitrogens with one attached hydrogen (secondary N) is 1. The largest absolute Gasteiger partial charge is 0.447 e. The second-order valence-electron chi connectivity index (χ2n) is 3.96. The first-order valence-electron chi connectivity index (χ1n) is 5.47. The van der Waals surface area contributed by atoms with Gasteiger partial charge in [-0.15, -0.1) is 0 Å². The van der Waals surface area contributed by atoms with E-state index < -0.39 is 10.0 Å². The Kier molecular flexibility index (Phi) is 3.98. The lowest BCUT2D eigenvalue weighted by atomic mass is 10.4. The van der Waals surface area contributed by atoms with Crippen LogP contribution in [0.5, 0.6) is 0 Å². The quantitative estimate of drug-likeness (QED) is 0.809. The minimum absolute atomic E-state index is 0.0751. The van der Waals surface area contributed by atoms with Gasteiger partial charge in [-0.25, -0.2) is 12.7 Å². The van der Waals surface area contributed by atoms with Gasteiger partial charge < -0.3 is 14.3 Å². The Morgan fingerprint density at radius 2 is 2.11 bits per heavy atom. The first-order chi connectivity index (χ1) is 9.00. The molecule has 0 aliphatic carbocycles. The molecule has 0 fully saturated rings. The van der Waals surface area contributed by atoms with Gasteiger partial charge >= 0.3 is 0 Å². The van der Waals surface area contributed by atoms with Gasteiger partial charge in [0.05, 0.1) is 13.1 Å². The maximum Gasteiger partial charge on any atom is 0.275 e. The Balaban J connectivity index is 1.94. The topological polar surface area (TPSA) is 101 Å². The van der Waals surface area contributed by atoms with E-state index in [-0.39, 0.29) is 5.09 Å². The second kappa shape index (κ2) is 5.51. The highest BCUT2D eigenvalue weighted by molar-refractivity contribution is 7.88. The summed E-state index contributed by atoms with van der Waals surface area (Å²) in [5.41, 5.74) is 0. The molecule has 0 saturated carbocycles. The van der Waals surface area contributed by atoms with Crippen LogP contribution < -0.4 is 5.32 Å². The summed E-state index contributed by atoms with van der Waals surface area (Å²) in [6.45, 7) is 0.782. The zero-order valence-electron chi connectivity index (χ0n) is 10.5. The van der Waals surface area contributed by atoms with Crippen molar-refractivity contribution in [3.05, 3.63) is 30.1 Å². The molecule has 2 heterocycles. The molecule has 0 aliphatic heterocycles. The van der Waals surface area contributed by atoms with Gasteiger partial charge in [-0.2, -0.15) is 4.98 Å². The number of furan rings is 1. The van der Waals surface area contributed by atoms with Crippen LogP contribution in [0, 0.1) is 0 Å². The Morgan fingerprint density at radius 3 is 2.74 bits per heavy atom. The molecule has 0 bridgehead atoms. The van der Waals surface area contributed by atoms with E-state index in [1.807, 2.05) is 0 Å². The standard InChI is InChI=1S/C10H14N4O4S/c1-14(2)19(15,16)10-4-3-8(18-10)5-11-6-9-12-7-17-13-9/h3-4,7,11H,5-6H2,1-2H3. The summed E-state index contributed by atoms with van der Waals surface area (Å²) in [4.78, 5) is 3.84. The van der Waals surface area contributed by atoms with E-state index in [0.29, 0.717) is 24.7 Å². The van der Waals surface area contributed by atoms with Crippen LogP contribution in [0.15, 0.2) is 32.6 Å². The molecular formula is C10H14N4O4S. The van der Waals surface area contributed by atoms with Crippen molar-refractivity contribution < 1.29 is 17.4 Å². The molecule has 2 aromatic rings. The van der Waals surface area contributed by atoms with Gasteiger partial charge in [0.25, 0.3) is 10.0 Å². The summed E-state index contributed by atoms with van der Waals surface area (Å²) in [5, 5.41) is 6.57. The molecule has 0 spiro atoms. The SMILES string of the molecule is CN(C)S(=O)(=O)c1ccc(CNCc2ncon2)o1. The van der Waals surface area contributed by atoms with Crippen molar-refractivity contribution in [3.8, 4) is 0 Å². The van der Waals surface area contributed by atoms with Gasteiger partial charge in [0, 0.05) is 14.1 Å². The van der Waals surface area contributed by atoms with Crippen LogP contribution in [0.3, 0.4) is 0 Å². The number of aromatic nitrogens is 2. The minimum atomic E-state index is -3.53. The first-order valence-corrected chi connectivity index (χ1v) is 6.91. The molecule has 0 aliphatic rings. The third kappa shape index (κ3) is 3.19. The molecule has 0 radical (unpaired) electrons. The fourth-order valence-corrected chi connectivity index (χ4v) is 2.15. The summed E-state index contributed by atoms with van der Waals surface area (Å²) in [5.74, 6) is 1.04. The average molecular weight is 286 g/mol. The number of hydrogen-bond donors (Lipinski definition) is 1. The van der Waals surface area contributed by atoms with Crippen LogP contribution in [0.1, 0.15) is 11.6 Å². The van der Waals surface area contributed by atoms with E-state index in [1.54, 1.807) is 6.07 Å². The monoisotopic (exact) mass is 286 g/mol. The molecule has 9 heteroatoms. The van der Waals surface area contributed by atoms with E-state index in [4.69, 9.17) is 4.42 Å². The number of nitrogens with zero attached hydrogens (tertiary/aromatic N) is 3. The Bertz CT molecular complexity index is 618. The Hall–Kier alpha value is -1.71. The Labute approximate surface area is 110 Å². The lowest BCUT2D eigenvalue weighted by molar-refractivity contribution is 0.384. The van der Waals surface area contributed by atoms with Gasteiger partial charge in [-0.3, -0.25) is 0 Å². The van der Waals surface area contributed by atoms with Gasteiger partial charge in [-0.05, 0) is 12.1 Å². The molecule has 8 nitrogen and oxygen atoms in total. The normalized spacial score (nSPS) is 12.2. The highest BCUT2D eigenvalue weighted by atomic mass is 32.2. The number of rotatable bonds is 6. The number of sulfonamides is 1. The molecule has 0 aromatic carbocycles. The molecule has 2 rings (SSSR count). The van der Waals surface area contributed by atoms with E-state index in [0.717, 1.165) is 4.31 Å². The fourth-order valence-electron chi connectivity index (χ4n) is 1.34. The van der Waals surface area contributed by atoms with Crippen LogP contribution in [0.25, 0.3) is 0 Å². The zero-order chi connectivity index (χ0) is 13.9. The van der Waals surface area contributed by atoms with Gasteiger partial charge in [0.2, 0.25) is 11.5 Å². The van der Waals surface area contributed by atoms with Crippen LogP contribution in [-0.2, 0) is 23.1 Å². The molecule has 0 amide bonds. The number of hydrogen-bond acceptors (Lipinski definition) is 7. The third-order valence-electron chi connectivity index (χ3n) is 2.36. The van der Waals surface area contributed by atoms with Crippen molar-refractivity contribution in [2.45, 2.75) is 18.2 Å². The van der Waals surface area contributed by atoms with Gasteiger partial charge in [-0.1, -0.05) is 5.16 Å². The maximum absolute atomic E-state index is 11.8. The average Bonchev–Trinajstić information content (AvgIpc) is 2.99. The molecule has 0 atom stereocenters. The van der Waals surface area contributed by atoms with E-state index in [2.05, 4.69) is 20.0 Å². The highest BCUT2D eigenvalue weighted by Crippen LogP contribution is 2.16. The van der Waals surface area contributed by atoms with Crippen molar-refractivity contribution in [1.29, 1.82) is 0 Å². The minimum Gasteiger partial charge on any atom is -0.447 e. The summed E-state index contributed by atoms with van der Waals surface area (Å²) < 4.78 is 34.5. The summed E-state index contributed by atoms with van der Waals surface area (Å²) in [6, 6.07) is 3.04. The van der Waals surface area contributed by atoms with Crippen molar-refractivity contribution in [3.63, 3.8) is 0 Å². The van der Waals surface area contributed by atoms with Crippen molar-refractivity contribution in [1.82, 2.24) is 19.8 Å². The summed E-state index contributed by atoms with van der Waals surface area (Å²) >= 11 is 0. The van der Waals surface area contributed by atoms with Crippen molar-refractivity contribution in [2.75, 3.05) is 14.1 Å². The maximum atomic E-state index is 11.8. The summed E-state index contributed by atoms with van der Waals surface area (Å²) in [7, 11) is -0.624. The molecule has 1 N–H and O–H groups in total. The van der Waals surface area contributed by atoms with E-state index in [9.17, 15) is 8.42 Å². The zero-order valence-corrected chi connectivity index (χ0v) is 11.3. The lowest BCUT2D eigenvalue weighted by Crippen LogP contribution is -2.21. The van der Waals surface area contributed by atoms with Crippen molar-refractivity contribution in [2.24, 2.45) is 0 Å². The van der Waals surface area contributed by atoms with Crippen LogP contribution in [0.4, 0.5) is 0 Å². The van der Waals surface area contributed by atoms with Crippen molar-refractivity contribution >= 4 is 10.0 Å². The van der Waals surface area contributed by atoms with E-state index in [1.165, 1.54) is 26.6 Å². The van der Waals surface area contributed by atoms with Gasteiger partial charge in [0.1, 0.15) is 5.76 Å². The predicted octanol–water partition coefficient (Wildman–Crippen LogP) is 0.203. The Morgan fingerprint density at radius 1 is 1.32 bits per heavy atom. The molecule has 2 aromatic heterocycles. The molecular weight excluding hydrogens is 272 g/mol.